The van der Waals surface area contributed by atoms with Crippen molar-refractivity contribution in [1.29, 1.82) is 0 Å². The van der Waals surface area contributed by atoms with Crippen LogP contribution in [0.1, 0.15) is 30.3 Å². The molecule has 1 aliphatic carbocycles. The van der Waals surface area contributed by atoms with Gasteiger partial charge in [0, 0.05) is 0 Å². The molecule has 2 N–H and O–H groups in total. The number of carbonyl (C=O) groups excluding carboxylic acids is 1. The number of nitrogens with one attached hydrogen (secondary N) is 1. The molecule has 0 radical (unpaired) electrons. The van der Waals surface area contributed by atoms with Crippen LogP contribution in [0.3, 0.4) is 0 Å². The van der Waals surface area contributed by atoms with E-state index in [1.54, 1.807) is 0 Å². The number of hydrogen-bond acceptors (Lipinski definition) is 4. The lowest BCUT2D eigenvalue weighted by atomic mass is 9.97. The second-order valence-electron chi connectivity index (χ2n) is 5.66. The summed E-state index contributed by atoms with van der Waals surface area (Å²) in [5.41, 5.74) is 0.469. The number of hydrogen-bond donors (Lipinski definition) is 2. The molecule has 0 bridgehead atoms. The van der Waals surface area contributed by atoms with E-state index in [1.165, 1.54) is 11.0 Å². The van der Waals surface area contributed by atoms with E-state index in [-0.39, 0.29) is 18.2 Å². The Kier molecular flexibility index (Phi) is 3.47. The molecule has 1 unspecified atom stereocenters. The highest BCUT2D eigenvalue weighted by molar-refractivity contribution is 5.92. The highest BCUT2D eigenvalue weighted by Gasteiger charge is 2.42. The summed E-state index contributed by atoms with van der Waals surface area (Å²) in [4.78, 5) is 13.7. The SMILES string of the molecule is CC(CO)(NC(=O)c1cnn(-c2ccccc2)n1)C1CC1. The first-order valence-electron chi connectivity index (χ1n) is 7.03. The molecule has 6 nitrogen and oxygen atoms in total. The maximum Gasteiger partial charge on any atom is 0.273 e. The average molecular weight is 286 g/mol. The molecule has 1 amide bonds. The summed E-state index contributed by atoms with van der Waals surface area (Å²) in [7, 11) is 0. The Balaban J connectivity index is 1.75. The molecule has 21 heavy (non-hydrogen) atoms. The van der Waals surface area contributed by atoms with Crippen molar-refractivity contribution >= 4 is 5.91 Å². The van der Waals surface area contributed by atoms with Gasteiger partial charge in [0.2, 0.25) is 0 Å². The molecule has 3 rings (SSSR count). The molecule has 1 aromatic carbocycles. The number of aliphatic hydroxyl groups excluding tert-OH is 1. The standard InChI is InChI=1S/C15H18N4O2/c1-15(10-20,11-7-8-11)17-14(21)13-9-16-19(18-13)12-5-3-2-4-6-12/h2-6,9,11,20H,7-8,10H2,1H3,(H,17,21). The highest BCUT2D eigenvalue weighted by Crippen LogP contribution is 2.39. The van der Waals surface area contributed by atoms with Gasteiger partial charge < -0.3 is 10.4 Å². The van der Waals surface area contributed by atoms with Crippen LogP contribution >= 0.6 is 0 Å². The first-order chi connectivity index (χ1) is 10.1. The molecule has 1 saturated carbocycles. The van der Waals surface area contributed by atoms with Crippen LogP contribution in [-0.2, 0) is 0 Å². The lowest BCUT2D eigenvalue weighted by Gasteiger charge is -2.28. The van der Waals surface area contributed by atoms with Crippen LogP contribution in [0.25, 0.3) is 5.69 Å². The van der Waals surface area contributed by atoms with Crippen molar-refractivity contribution in [2.24, 2.45) is 5.92 Å². The highest BCUT2D eigenvalue weighted by atomic mass is 16.3. The third kappa shape index (κ3) is 2.80. The number of aromatic nitrogens is 3. The second kappa shape index (κ2) is 5.29. The molecule has 2 aromatic rings. The van der Waals surface area contributed by atoms with Gasteiger partial charge in [-0.05, 0) is 37.8 Å². The zero-order valence-corrected chi connectivity index (χ0v) is 11.9. The third-order valence-corrected chi connectivity index (χ3v) is 3.92. The van der Waals surface area contributed by atoms with Crippen LogP contribution in [0.2, 0.25) is 0 Å². The lowest BCUT2D eigenvalue weighted by Crippen LogP contribution is -2.50. The van der Waals surface area contributed by atoms with Crippen LogP contribution < -0.4 is 5.32 Å². The fourth-order valence-corrected chi connectivity index (χ4v) is 2.37. The van der Waals surface area contributed by atoms with Gasteiger partial charge in [-0.3, -0.25) is 4.79 Å². The minimum Gasteiger partial charge on any atom is -0.394 e. The summed E-state index contributed by atoms with van der Waals surface area (Å²) in [5, 5.41) is 20.7. The summed E-state index contributed by atoms with van der Waals surface area (Å²) < 4.78 is 0. The number of amides is 1. The zero-order valence-electron chi connectivity index (χ0n) is 11.9. The van der Waals surface area contributed by atoms with Gasteiger partial charge in [-0.2, -0.15) is 9.90 Å². The van der Waals surface area contributed by atoms with Gasteiger partial charge in [-0.25, -0.2) is 0 Å². The summed E-state index contributed by atoms with van der Waals surface area (Å²) in [5.74, 6) is 0.0382. The maximum absolute atomic E-state index is 12.3. The van der Waals surface area contributed by atoms with E-state index < -0.39 is 5.54 Å². The molecule has 6 heteroatoms. The van der Waals surface area contributed by atoms with Gasteiger partial charge in [0.1, 0.15) is 0 Å². The van der Waals surface area contributed by atoms with E-state index in [0.717, 1.165) is 18.5 Å². The Morgan fingerprint density at radius 2 is 2.14 bits per heavy atom. The summed E-state index contributed by atoms with van der Waals surface area (Å²) in [6.45, 7) is 1.79. The van der Waals surface area contributed by atoms with Crippen LogP contribution in [0.15, 0.2) is 36.5 Å². The summed E-state index contributed by atoms with van der Waals surface area (Å²) >= 11 is 0. The molecule has 1 atom stereocenters. The minimum absolute atomic E-state index is 0.0732. The van der Waals surface area contributed by atoms with Crippen molar-refractivity contribution in [3.05, 3.63) is 42.2 Å². The molecule has 1 fully saturated rings. The summed E-state index contributed by atoms with van der Waals surface area (Å²) in [6, 6.07) is 9.40. The molecule has 0 aliphatic heterocycles. The first kappa shape index (κ1) is 13.8. The van der Waals surface area contributed by atoms with Gasteiger partial charge >= 0.3 is 0 Å². The van der Waals surface area contributed by atoms with Crippen molar-refractivity contribution in [1.82, 2.24) is 20.3 Å². The monoisotopic (exact) mass is 286 g/mol. The van der Waals surface area contributed by atoms with E-state index in [2.05, 4.69) is 15.5 Å². The molecule has 0 saturated heterocycles. The Morgan fingerprint density at radius 1 is 1.43 bits per heavy atom. The second-order valence-corrected chi connectivity index (χ2v) is 5.66. The predicted molar refractivity (Wildman–Crippen MR) is 77.0 cm³/mol. The van der Waals surface area contributed by atoms with Crippen molar-refractivity contribution < 1.29 is 9.90 Å². The molecule has 1 aliphatic rings. The average Bonchev–Trinajstić information content (AvgIpc) is 3.26. The molecular weight excluding hydrogens is 268 g/mol. The first-order valence-corrected chi connectivity index (χ1v) is 7.03. The van der Waals surface area contributed by atoms with Crippen LogP contribution in [0, 0.1) is 5.92 Å². The molecular formula is C15H18N4O2. The Labute approximate surface area is 122 Å². The number of para-hydroxylation sites is 1. The number of carbonyl (C=O) groups is 1. The predicted octanol–water partition coefficient (Wildman–Crippen LogP) is 1.16. The molecule has 0 spiro atoms. The number of nitrogens with zero attached hydrogens (tertiary/aromatic N) is 3. The maximum atomic E-state index is 12.3. The van der Waals surface area contributed by atoms with Crippen molar-refractivity contribution in [2.45, 2.75) is 25.3 Å². The van der Waals surface area contributed by atoms with Gasteiger partial charge in [-0.1, -0.05) is 18.2 Å². The lowest BCUT2D eigenvalue weighted by molar-refractivity contribution is 0.0819. The quantitative estimate of drug-likeness (QED) is 0.864. The van der Waals surface area contributed by atoms with E-state index in [9.17, 15) is 9.90 Å². The van der Waals surface area contributed by atoms with Crippen molar-refractivity contribution in [3.8, 4) is 5.69 Å². The van der Waals surface area contributed by atoms with Gasteiger partial charge in [-0.15, -0.1) is 5.10 Å². The summed E-state index contributed by atoms with van der Waals surface area (Å²) in [6.07, 6.45) is 3.51. The van der Waals surface area contributed by atoms with Crippen molar-refractivity contribution in [2.75, 3.05) is 6.61 Å². The van der Waals surface area contributed by atoms with E-state index in [4.69, 9.17) is 0 Å². The number of aliphatic hydroxyl groups is 1. The fraction of sp³-hybridized carbons (Fsp3) is 0.400. The normalized spacial score (nSPS) is 17.2. The number of benzene rings is 1. The minimum atomic E-state index is -0.576. The zero-order chi connectivity index (χ0) is 14.9. The topological polar surface area (TPSA) is 80.0 Å². The molecule has 1 heterocycles. The van der Waals surface area contributed by atoms with Crippen molar-refractivity contribution in [3.63, 3.8) is 0 Å². The Morgan fingerprint density at radius 3 is 2.76 bits per heavy atom. The molecule has 110 valence electrons. The fourth-order valence-electron chi connectivity index (χ4n) is 2.37. The Hall–Kier alpha value is -2.21. The largest absolute Gasteiger partial charge is 0.394 e. The molecule has 1 aromatic heterocycles. The third-order valence-electron chi connectivity index (χ3n) is 3.92. The number of rotatable bonds is 5. The Bertz CT molecular complexity index is 636. The van der Waals surface area contributed by atoms with Crippen LogP contribution in [-0.4, -0.2) is 38.2 Å². The van der Waals surface area contributed by atoms with Crippen LogP contribution in [0.5, 0.6) is 0 Å². The van der Waals surface area contributed by atoms with Gasteiger partial charge in [0.05, 0.1) is 24.0 Å². The van der Waals surface area contributed by atoms with Gasteiger partial charge in [0.25, 0.3) is 5.91 Å². The smallest absolute Gasteiger partial charge is 0.273 e. The van der Waals surface area contributed by atoms with E-state index in [0.29, 0.717) is 5.92 Å². The van der Waals surface area contributed by atoms with E-state index in [1.807, 2.05) is 37.3 Å². The van der Waals surface area contributed by atoms with E-state index >= 15 is 0 Å². The van der Waals surface area contributed by atoms with Gasteiger partial charge in [0.15, 0.2) is 5.69 Å². The van der Waals surface area contributed by atoms with Crippen LogP contribution in [0.4, 0.5) is 0 Å².